The number of rotatable bonds is 4. The summed E-state index contributed by atoms with van der Waals surface area (Å²) < 4.78 is 0. The molecule has 0 bridgehead atoms. The second-order valence-corrected chi connectivity index (χ2v) is 1.35. The first-order valence-electron chi connectivity index (χ1n) is 2.48. The topological polar surface area (TPSA) is 55.5 Å². The van der Waals surface area contributed by atoms with E-state index in [1.165, 1.54) is 6.21 Å². The van der Waals surface area contributed by atoms with Crippen molar-refractivity contribution in [2.45, 2.75) is 0 Å². The van der Waals surface area contributed by atoms with E-state index in [4.69, 9.17) is 0 Å². The zero-order chi connectivity index (χ0) is 7.11. The zero-order valence-electron chi connectivity index (χ0n) is 4.99. The van der Waals surface area contributed by atoms with E-state index >= 15 is 0 Å². The van der Waals surface area contributed by atoms with Crippen LogP contribution in [0.2, 0.25) is 0 Å². The van der Waals surface area contributed by atoms with E-state index in [-0.39, 0.29) is 6.54 Å². The molecule has 50 valence electrons. The van der Waals surface area contributed by atoms with E-state index < -0.39 is 4.92 Å². The quantitative estimate of drug-likeness (QED) is 0.240. The Hall–Kier alpha value is -1.19. The Balaban J connectivity index is 3.24. The fourth-order valence-electron chi connectivity index (χ4n) is 0.273. The van der Waals surface area contributed by atoms with Gasteiger partial charge in [0.05, 0.1) is 12.8 Å². The number of nitro groups is 1. The Bertz CT molecular complexity index is 131. The molecule has 0 aliphatic heterocycles. The van der Waals surface area contributed by atoms with Crippen molar-refractivity contribution in [3.63, 3.8) is 0 Å². The van der Waals surface area contributed by atoms with Gasteiger partial charge >= 0.3 is 0 Å². The molecule has 0 aromatic heterocycles. The summed E-state index contributed by atoms with van der Waals surface area (Å²) >= 11 is 0. The Morgan fingerprint density at radius 1 is 1.78 bits per heavy atom. The molecular formula is C5H8N2O2. The van der Waals surface area contributed by atoms with Crippen molar-refractivity contribution in [1.82, 2.24) is 0 Å². The molecule has 0 atom stereocenters. The molecule has 4 nitrogen and oxygen atoms in total. The zero-order valence-corrected chi connectivity index (χ0v) is 4.99. The molecule has 0 aromatic carbocycles. The third-order valence-electron chi connectivity index (χ3n) is 0.594. The molecule has 0 aliphatic rings. The van der Waals surface area contributed by atoms with Gasteiger partial charge in [0, 0.05) is 4.92 Å². The molecule has 9 heavy (non-hydrogen) atoms. The smallest absolute Gasteiger partial charge is 0.238 e. The van der Waals surface area contributed by atoms with Crippen LogP contribution < -0.4 is 0 Å². The predicted molar refractivity (Wildman–Crippen MR) is 35.4 cm³/mol. The molecule has 0 heterocycles. The summed E-state index contributed by atoms with van der Waals surface area (Å²) in [6.07, 6.45) is 2.85. The average Bonchev–Trinajstić information content (AvgIpc) is 1.80. The van der Waals surface area contributed by atoms with Crippen LogP contribution in [0.25, 0.3) is 0 Å². The van der Waals surface area contributed by atoms with E-state index in [1.54, 1.807) is 6.08 Å². The van der Waals surface area contributed by atoms with Gasteiger partial charge in [-0.05, 0) is 0 Å². The third kappa shape index (κ3) is 6.81. The highest BCUT2D eigenvalue weighted by molar-refractivity contribution is 5.58. The van der Waals surface area contributed by atoms with E-state index in [9.17, 15) is 10.1 Å². The number of hydrogen-bond acceptors (Lipinski definition) is 3. The summed E-state index contributed by atoms with van der Waals surface area (Å²) in [4.78, 5) is 12.9. The second kappa shape index (κ2) is 4.96. The van der Waals surface area contributed by atoms with Crippen molar-refractivity contribution >= 4 is 6.21 Å². The van der Waals surface area contributed by atoms with Crippen LogP contribution in [0.15, 0.2) is 17.6 Å². The maximum absolute atomic E-state index is 9.65. The van der Waals surface area contributed by atoms with Gasteiger partial charge in [-0.15, -0.1) is 6.58 Å². The summed E-state index contributed by atoms with van der Waals surface area (Å²) in [5.41, 5.74) is 0. The van der Waals surface area contributed by atoms with Crippen molar-refractivity contribution in [2.75, 3.05) is 13.1 Å². The van der Waals surface area contributed by atoms with Gasteiger partial charge in [0.15, 0.2) is 0 Å². The number of aliphatic imine (C=N–C) groups is 1. The second-order valence-electron chi connectivity index (χ2n) is 1.35. The molecular weight excluding hydrogens is 120 g/mol. The lowest BCUT2D eigenvalue weighted by molar-refractivity contribution is -0.462. The predicted octanol–water partition coefficient (Wildman–Crippen LogP) is 0.520. The first-order valence-corrected chi connectivity index (χ1v) is 2.48. The molecule has 4 heteroatoms. The van der Waals surface area contributed by atoms with Crippen molar-refractivity contribution < 1.29 is 4.92 Å². The normalized spacial score (nSPS) is 9.78. The van der Waals surface area contributed by atoms with E-state index in [0.717, 1.165) is 0 Å². The van der Waals surface area contributed by atoms with Crippen LogP contribution in [0.1, 0.15) is 0 Å². The summed E-state index contributed by atoms with van der Waals surface area (Å²) in [6.45, 7) is 3.65. The molecule has 0 amide bonds. The Kier molecular flexibility index (Phi) is 4.30. The molecule has 0 radical (unpaired) electrons. The SMILES string of the molecule is C=CCN=CC[N+](=O)[O-]. The minimum absolute atomic E-state index is 0.201. The van der Waals surface area contributed by atoms with Gasteiger partial charge in [0.25, 0.3) is 0 Å². The lowest BCUT2D eigenvalue weighted by atomic mass is 10.6. The number of hydrogen-bond donors (Lipinski definition) is 0. The first kappa shape index (κ1) is 7.81. The van der Waals surface area contributed by atoms with Crippen LogP contribution >= 0.6 is 0 Å². The van der Waals surface area contributed by atoms with E-state index in [0.29, 0.717) is 6.54 Å². The molecule has 0 aromatic rings. The highest BCUT2D eigenvalue weighted by atomic mass is 16.6. The molecule has 0 saturated carbocycles. The number of nitrogens with zero attached hydrogens (tertiary/aromatic N) is 2. The minimum Gasteiger partial charge on any atom is -0.287 e. The third-order valence-corrected chi connectivity index (χ3v) is 0.594. The van der Waals surface area contributed by atoms with Crippen LogP contribution in [0, 0.1) is 10.1 Å². The Labute approximate surface area is 53.1 Å². The Morgan fingerprint density at radius 2 is 2.44 bits per heavy atom. The maximum atomic E-state index is 9.65. The summed E-state index contributed by atoms with van der Waals surface area (Å²) in [7, 11) is 0. The van der Waals surface area contributed by atoms with Crippen LogP contribution in [0.5, 0.6) is 0 Å². The molecule has 0 aliphatic carbocycles. The average molecular weight is 128 g/mol. The lowest BCUT2D eigenvalue weighted by Crippen LogP contribution is -2.01. The van der Waals surface area contributed by atoms with Gasteiger partial charge < -0.3 is 0 Å². The minimum atomic E-state index is -0.438. The molecule has 0 fully saturated rings. The largest absolute Gasteiger partial charge is 0.287 e. The van der Waals surface area contributed by atoms with Gasteiger partial charge in [-0.25, -0.2) is 0 Å². The van der Waals surface area contributed by atoms with Crippen molar-refractivity contribution in [3.8, 4) is 0 Å². The highest BCUT2D eigenvalue weighted by Crippen LogP contribution is 1.68. The molecule has 0 saturated heterocycles. The molecule has 0 N–H and O–H groups in total. The summed E-state index contributed by atoms with van der Waals surface area (Å²) in [5, 5.41) is 9.65. The molecule has 0 rings (SSSR count). The van der Waals surface area contributed by atoms with Crippen LogP contribution in [-0.2, 0) is 0 Å². The van der Waals surface area contributed by atoms with Crippen molar-refractivity contribution in [3.05, 3.63) is 22.8 Å². The van der Waals surface area contributed by atoms with Crippen molar-refractivity contribution in [1.29, 1.82) is 0 Å². The maximum Gasteiger partial charge on any atom is 0.238 e. The van der Waals surface area contributed by atoms with Gasteiger partial charge in [-0.1, -0.05) is 6.08 Å². The van der Waals surface area contributed by atoms with Gasteiger partial charge in [-0.2, -0.15) is 0 Å². The van der Waals surface area contributed by atoms with Crippen LogP contribution in [0.3, 0.4) is 0 Å². The van der Waals surface area contributed by atoms with E-state index in [2.05, 4.69) is 11.6 Å². The summed E-state index contributed by atoms with van der Waals surface area (Å²) in [6, 6.07) is 0. The van der Waals surface area contributed by atoms with Gasteiger partial charge in [-0.3, -0.25) is 15.1 Å². The van der Waals surface area contributed by atoms with Gasteiger partial charge in [0.2, 0.25) is 6.54 Å². The fraction of sp³-hybridized carbons (Fsp3) is 0.400. The fourth-order valence-corrected chi connectivity index (χ4v) is 0.273. The first-order chi connectivity index (χ1) is 4.27. The summed E-state index contributed by atoms with van der Waals surface area (Å²) in [5.74, 6) is 0. The molecule has 0 spiro atoms. The van der Waals surface area contributed by atoms with E-state index in [1.807, 2.05) is 0 Å². The Morgan fingerprint density at radius 3 is 2.89 bits per heavy atom. The van der Waals surface area contributed by atoms with Crippen LogP contribution in [-0.4, -0.2) is 24.2 Å². The lowest BCUT2D eigenvalue weighted by Gasteiger charge is -1.81. The van der Waals surface area contributed by atoms with Crippen molar-refractivity contribution in [2.24, 2.45) is 4.99 Å². The van der Waals surface area contributed by atoms with Gasteiger partial charge in [0.1, 0.15) is 0 Å². The monoisotopic (exact) mass is 128 g/mol. The standard InChI is InChI=1S/C5H8N2O2/c1-2-3-6-4-5-7(8)9/h2,4H,1,3,5H2. The molecule has 0 unspecified atom stereocenters. The highest BCUT2D eigenvalue weighted by Gasteiger charge is 1.85. The van der Waals surface area contributed by atoms with Crippen LogP contribution in [0.4, 0.5) is 0 Å².